The highest BCUT2D eigenvalue weighted by molar-refractivity contribution is 6.07. The fraction of sp³-hybridized carbons (Fsp3) is 0.143. The van der Waals surface area contributed by atoms with Gasteiger partial charge < -0.3 is 10.2 Å². The van der Waals surface area contributed by atoms with Crippen molar-refractivity contribution in [3.05, 3.63) is 83.9 Å². The third-order valence-corrected chi connectivity index (χ3v) is 4.52. The number of fused-ring (bicyclic) bond motifs is 1. The van der Waals surface area contributed by atoms with Crippen molar-refractivity contribution < 1.29 is 9.59 Å². The lowest BCUT2D eigenvalue weighted by Crippen LogP contribution is -2.35. The molecule has 0 radical (unpaired) electrons. The summed E-state index contributed by atoms with van der Waals surface area (Å²) < 4.78 is 0. The van der Waals surface area contributed by atoms with E-state index in [0.29, 0.717) is 17.8 Å². The highest BCUT2D eigenvalue weighted by Crippen LogP contribution is 2.31. The molecule has 0 saturated heterocycles. The van der Waals surface area contributed by atoms with Crippen molar-refractivity contribution in [2.24, 2.45) is 0 Å². The van der Waals surface area contributed by atoms with Gasteiger partial charge in [0.15, 0.2) is 0 Å². The summed E-state index contributed by atoms with van der Waals surface area (Å²) in [6.45, 7) is 0.655. The zero-order chi connectivity index (χ0) is 18.6. The van der Waals surface area contributed by atoms with E-state index >= 15 is 0 Å². The lowest BCUT2D eigenvalue weighted by molar-refractivity contribution is 0.0983. The molecule has 6 heteroatoms. The van der Waals surface area contributed by atoms with Crippen LogP contribution in [-0.4, -0.2) is 28.3 Å². The van der Waals surface area contributed by atoms with E-state index in [-0.39, 0.29) is 17.5 Å². The average molecular weight is 358 g/mol. The first-order chi connectivity index (χ1) is 13.2. The monoisotopic (exact) mass is 358 g/mol. The van der Waals surface area contributed by atoms with Crippen LogP contribution < -0.4 is 10.2 Å². The number of nitrogens with one attached hydrogen (secondary N) is 1. The normalized spacial score (nSPS) is 13.0. The number of nitrogens with zero attached hydrogens (tertiary/aromatic N) is 3. The zero-order valence-corrected chi connectivity index (χ0v) is 14.6. The van der Waals surface area contributed by atoms with Crippen LogP contribution in [0, 0.1) is 0 Å². The van der Waals surface area contributed by atoms with E-state index in [9.17, 15) is 9.59 Å². The summed E-state index contributed by atoms with van der Waals surface area (Å²) in [4.78, 5) is 35.0. The smallest absolute Gasteiger partial charge is 0.275 e. The van der Waals surface area contributed by atoms with E-state index < -0.39 is 0 Å². The molecule has 0 unspecified atom stereocenters. The number of anilines is 2. The quantitative estimate of drug-likeness (QED) is 0.779. The Hall–Kier alpha value is -3.54. The summed E-state index contributed by atoms with van der Waals surface area (Å²) in [5.41, 5.74) is 3.46. The van der Waals surface area contributed by atoms with E-state index in [2.05, 4.69) is 15.3 Å². The maximum absolute atomic E-state index is 12.9. The van der Waals surface area contributed by atoms with E-state index in [1.54, 1.807) is 4.90 Å². The van der Waals surface area contributed by atoms with Gasteiger partial charge in [-0.1, -0.05) is 24.3 Å². The number of rotatable bonds is 3. The minimum absolute atomic E-state index is 0.0334. The highest BCUT2D eigenvalue weighted by Gasteiger charge is 2.24. The van der Waals surface area contributed by atoms with Gasteiger partial charge in [-0.05, 0) is 42.7 Å². The molecule has 2 aromatic carbocycles. The Morgan fingerprint density at radius 1 is 1.04 bits per heavy atom. The Balaban J connectivity index is 1.61. The third kappa shape index (κ3) is 3.55. The van der Waals surface area contributed by atoms with Crippen LogP contribution in [0.4, 0.5) is 11.4 Å². The molecule has 1 aromatic heterocycles. The van der Waals surface area contributed by atoms with E-state index in [1.165, 1.54) is 18.6 Å². The van der Waals surface area contributed by atoms with Gasteiger partial charge in [-0.15, -0.1) is 0 Å². The minimum Gasteiger partial charge on any atom is -0.321 e. The molecule has 27 heavy (non-hydrogen) atoms. The van der Waals surface area contributed by atoms with Gasteiger partial charge in [-0.3, -0.25) is 14.6 Å². The fourth-order valence-corrected chi connectivity index (χ4v) is 3.21. The Morgan fingerprint density at radius 3 is 2.67 bits per heavy atom. The molecule has 134 valence electrons. The van der Waals surface area contributed by atoms with Crippen molar-refractivity contribution in [3.8, 4) is 0 Å². The van der Waals surface area contributed by atoms with Crippen molar-refractivity contribution in [3.63, 3.8) is 0 Å². The standard InChI is InChI=1S/C21H18N4O2/c26-20(18-14-22-10-11-23-18)24-17-9-8-15-7-4-12-25(19(15)13-17)21(27)16-5-2-1-3-6-16/h1-3,5-6,8-11,13-14H,4,7,12H2,(H,24,26). The number of hydrogen-bond donors (Lipinski definition) is 1. The Kier molecular flexibility index (Phi) is 4.61. The van der Waals surface area contributed by atoms with Gasteiger partial charge in [0.05, 0.1) is 6.20 Å². The Bertz CT molecular complexity index is 974. The van der Waals surface area contributed by atoms with Crippen LogP contribution in [0.1, 0.15) is 32.8 Å². The van der Waals surface area contributed by atoms with Crippen LogP contribution >= 0.6 is 0 Å². The Labute approximate surface area is 156 Å². The van der Waals surface area contributed by atoms with Crippen LogP contribution in [0.5, 0.6) is 0 Å². The molecule has 0 spiro atoms. The molecule has 0 bridgehead atoms. The topological polar surface area (TPSA) is 75.2 Å². The molecular weight excluding hydrogens is 340 g/mol. The number of carbonyl (C=O) groups excluding carboxylic acids is 2. The number of benzene rings is 2. The van der Waals surface area contributed by atoms with Gasteiger partial charge in [0, 0.05) is 35.9 Å². The van der Waals surface area contributed by atoms with Gasteiger partial charge in [0.2, 0.25) is 0 Å². The summed E-state index contributed by atoms with van der Waals surface area (Å²) >= 11 is 0. The van der Waals surface area contributed by atoms with E-state index in [0.717, 1.165) is 24.1 Å². The molecule has 0 saturated carbocycles. The van der Waals surface area contributed by atoms with Crippen LogP contribution in [0.15, 0.2) is 67.1 Å². The number of amides is 2. The summed E-state index contributed by atoms with van der Waals surface area (Å²) in [7, 11) is 0. The molecule has 3 aromatic rings. The summed E-state index contributed by atoms with van der Waals surface area (Å²) in [5.74, 6) is -0.367. The van der Waals surface area contributed by atoms with Crippen molar-refractivity contribution >= 4 is 23.2 Å². The maximum atomic E-state index is 12.9. The summed E-state index contributed by atoms with van der Waals surface area (Å²) in [6, 6.07) is 14.9. The number of aryl methyl sites for hydroxylation is 1. The number of hydrogen-bond acceptors (Lipinski definition) is 4. The summed E-state index contributed by atoms with van der Waals surface area (Å²) in [5, 5.41) is 2.83. The fourth-order valence-electron chi connectivity index (χ4n) is 3.21. The second kappa shape index (κ2) is 7.37. The first kappa shape index (κ1) is 16.9. The van der Waals surface area contributed by atoms with Crippen LogP contribution in [0.25, 0.3) is 0 Å². The lowest BCUT2D eigenvalue weighted by atomic mass is 10.00. The van der Waals surface area contributed by atoms with Crippen molar-refractivity contribution in [2.45, 2.75) is 12.8 Å². The van der Waals surface area contributed by atoms with Crippen molar-refractivity contribution in [1.29, 1.82) is 0 Å². The number of aromatic nitrogens is 2. The van der Waals surface area contributed by atoms with Gasteiger partial charge in [-0.2, -0.15) is 0 Å². The van der Waals surface area contributed by atoms with Crippen LogP contribution in [-0.2, 0) is 6.42 Å². The molecule has 0 aliphatic carbocycles. The van der Waals surface area contributed by atoms with Crippen molar-refractivity contribution in [1.82, 2.24) is 9.97 Å². The van der Waals surface area contributed by atoms with Gasteiger partial charge in [-0.25, -0.2) is 4.98 Å². The predicted octanol–water partition coefficient (Wildman–Crippen LogP) is 3.32. The third-order valence-electron chi connectivity index (χ3n) is 4.52. The first-order valence-electron chi connectivity index (χ1n) is 8.79. The second-order valence-corrected chi connectivity index (χ2v) is 6.31. The molecule has 2 amide bonds. The molecule has 6 nitrogen and oxygen atoms in total. The van der Waals surface area contributed by atoms with E-state index in [4.69, 9.17) is 0 Å². The van der Waals surface area contributed by atoms with Crippen molar-refractivity contribution in [2.75, 3.05) is 16.8 Å². The first-order valence-corrected chi connectivity index (χ1v) is 8.79. The zero-order valence-electron chi connectivity index (χ0n) is 14.6. The second-order valence-electron chi connectivity index (χ2n) is 6.31. The van der Waals surface area contributed by atoms with Gasteiger partial charge >= 0.3 is 0 Å². The van der Waals surface area contributed by atoms with Gasteiger partial charge in [0.25, 0.3) is 11.8 Å². The lowest BCUT2D eigenvalue weighted by Gasteiger charge is -2.30. The van der Waals surface area contributed by atoms with Crippen LogP contribution in [0.3, 0.4) is 0 Å². The maximum Gasteiger partial charge on any atom is 0.275 e. The van der Waals surface area contributed by atoms with E-state index in [1.807, 2.05) is 48.5 Å². The molecule has 1 N–H and O–H groups in total. The minimum atomic E-state index is -0.334. The molecule has 1 aliphatic heterocycles. The highest BCUT2D eigenvalue weighted by atomic mass is 16.2. The molecule has 0 fully saturated rings. The predicted molar refractivity (Wildman–Crippen MR) is 103 cm³/mol. The van der Waals surface area contributed by atoms with Gasteiger partial charge in [0.1, 0.15) is 5.69 Å². The molecule has 2 heterocycles. The molecular formula is C21H18N4O2. The SMILES string of the molecule is O=C(Nc1ccc2c(c1)N(C(=O)c1ccccc1)CCC2)c1cnccn1. The number of carbonyl (C=O) groups is 2. The molecule has 4 rings (SSSR count). The largest absolute Gasteiger partial charge is 0.321 e. The Morgan fingerprint density at radius 2 is 1.89 bits per heavy atom. The summed E-state index contributed by atoms with van der Waals surface area (Å²) in [6.07, 6.45) is 6.23. The molecule has 0 atom stereocenters. The molecule has 1 aliphatic rings. The average Bonchev–Trinajstić information content (AvgIpc) is 2.74. The van der Waals surface area contributed by atoms with Crippen LogP contribution in [0.2, 0.25) is 0 Å².